The maximum absolute atomic E-state index is 6.13. The van der Waals surface area contributed by atoms with Crippen LogP contribution in [-0.4, -0.2) is 18.6 Å². The van der Waals surface area contributed by atoms with Crippen molar-refractivity contribution < 1.29 is 4.74 Å². The molecule has 1 heterocycles. The minimum atomic E-state index is 0.110. The highest BCUT2D eigenvalue weighted by Crippen LogP contribution is 2.31. The first-order valence-electron chi connectivity index (χ1n) is 7.14. The van der Waals surface area contributed by atoms with E-state index in [1.165, 1.54) is 11.1 Å². The van der Waals surface area contributed by atoms with Gasteiger partial charge in [0.05, 0.1) is 18.2 Å². The van der Waals surface area contributed by atoms with Crippen molar-refractivity contribution in [2.24, 2.45) is 0 Å². The second-order valence-corrected chi connectivity index (χ2v) is 5.42. The Bertz CT molecular complexity index is 601. The smallest absolute Gasteiger partial charge is 0.137 e. The summed E-state index contributed by atoms with van der Waals surface area (Å²) in [5.74, 6) is 0.698. The fourth-order valence-corrected chi connectivity index (χ4v) is 2.55. The highest BCUT2D eigenvalue weighted by molar-refractivity contribution is 6.32. The molecule has 1 N–H and O–H groups in total. The summed E-state index contributed by atoms with van der Waals surface area (Å²) < 4.78 is 5.33. The predicted octanol–water partition coefficient (Wildman–Crippen LogP) is 4.14. The Morgan fingerprint density at radius 3 is 2.81 bits per heavy atom. The quantitative estimate of drug-likeness (QED) is 0.871. The van der Waals surface area contributed by atoms with Crippen molar-refractivity contribution in [3.8, 4) is 5.75 Å². The van der Waals surface area contributed by atoms with Crippen molar-refractivity contribution in [3.05, 3.63) is 58.4 Å². The largest absolute Gasteiger partial charge is 0.495 e. The molecule has 0 radical (unpaired) electrons. The summed E-state index contributed by atoms with van der Waals surface area (Å²) in [6.07, 6.45) is 4.80. The van der Waals surface area contributed by atoms with Gasteiger partial charge >= 0.3 is 0 Å². The van der Waals surface area contributed by atoms with Gasteiger partial charge in [0, 0.05) is 12.4 Å². The number of ether oxygens (including phenoxy) is 1. The lowest BCUT2D eigenvalue weighted by Gasteiger charge is -2.22. The molecule has 2 rings (SSSR count). The Kier molecular flexibility index (Phi) is 5.59. The van der Waals surface area contributed by atoms with Crippen LogP contribution in [0.3, 0.4) is 0 Å². The topological polar surface area (TPSA) is 34.1 Å². The van der Waals surface area contributed by atoms with Gasteiger partial charge in [0.15, 0.2) is 0 Å². The lowest BCUT2D eigenvalue weighted by atomic mass is 9.96. The number of methoxy groups -OCH3 is 1. The Morgan fingerprint density at radius 2 is 2.14 bits per heavy atom. The first-order valence-corrected chi connectivity index (χ1v) is 7.52. The number of nitrogens with zero attached hydrogens (tertiary/aromatic N) is 1. The monoisotopic (exact) mass is 304 g/mol. The van der Waals surface area contributed by atoms with E-state index in [-0.39, 0.29) is 6.04 Å². The van der Waals surface area contributed by atoms with Gasteiger partial charge < -0.3 is 10.1 Å². The van der Waals surface area contributed by atoms with Crippen LogP contribution in [0.4, 0.5) is 0 Å². The van der Waals surface area contributed by atoms with E-state index >= 15 is 0 Å². The van der Waals surface area contributed by atoms with Crippen molar-refractivity contribution in [3.63, 3.8) is 0 Å². The molecule has 0 saturated heterocycles. The highest BCUT2D eigenvalue weighted by atomic mass is 35.5. The second kappa shape index (κ2) is 7.43. The molecule has 112 valence electrons. The molecular weight excluding hydrogens is 284 g/mol. The standard InChI is InChI=1S/C17H21ClN2O/c1-4-8-20-17(14-7-9-19-11-12(14)2)13-5-6-15(18)16(10-13)21-3/h5-7,9-11,17,20H,4,8H2,1-3H3. The van der Waals surface area contributed by atoms with Crippen LogP contribution in [-0.2, 0) is 0 Å². The lowest BCUT2D eigenvalue weighted by molar-refractivity contribution is 0.414. The molecule has 0 aliphatic heterocycles. The molecule has 4 heteroatoms. The van der Waals surface area contributed by atoms with E-state index in [4.69, 9.17) is 16.3 Å². The van der Waals surface area contributed by atoms with E-state index in [1.54, 1.807) is 7.11 Å². The second-order valence-electron chi connectivity index (χ2n) is 5.01. The van der Waals surface area contributed by atoms with Crippen molar-refractivity contribution in [2.75, 3.05) is 13.7 Å². The number of aryl methyl sites for hydroxylation is 1. The van der Waals surface area contributed by atoms with Gasteiger partial charge in [-0.25, -0.2) is 0 Å². The summed E-state index contributed by atoms with van der Waals surface area (Å²) in [5.41, 5.74) is 3.53. The Hall–Kier alpha value is -1.58. The number of halogens is 1. The summed E-state index contributed by atoms with van der Waals surface area (Å²) in [5, 5.41) is 4.21. The van der Waals surface area contributed by atoms with E-state index in [2.05, 4.69) is 30.2 Å². The SMILES string of the molecule is CCCNC(c1ccc(Cl)c(OC)c1)c1ccncc1C. The van der Waals surface area contributed by atoms with Crippen LogP contribution in [0.15, 0.2) is 36.7 Å². The van der Waals surface area contributed by atoms with E-state index < -0.39 is 0 Å². The molecule has 1 aromatic heterocycles. The van der Waals surface area contributed by atoms with Crippen LogP contribution in [0.25, 0.3) is 0 Å². The molecule has 1 aromatic carbocycles. The van der Waals surface area contributed by atoms with Gasteiger partial charge in [-0.1, -0.05) is 24.6 Å². The molecule has 3 nitrogen and oxygen atoms in total. The van der Waals surface area contributed by atoms with Gasteiger partial charge in [-0.05, 0) is 54.8 Å². The number of rotatable bonds is 6. The zero-order valence-electron chi connectivity index (χ0n) is 12.7. The van der Waals surface area contributed by atoms with Crippen LogP contribution in [0.5, 0.6) is 5.75 Å². The number of nitrogens with one attached hydrogen (secondary N) is 1. The zero-order valence-corrected chi connectivity index (χ0v) is 13.4. The van der Waals surface area contributed by atoms with Crippen molar-refractivity contribution in [2.45, 2.75) is 26.3 Å². The summed E-state index contributed by atoms with van der Waals surface area (Å²) >= 11 is 6.13. The van der Waals surface area contributed by atoms with Crippen molar-refractivity contribution in [1.29, 1.82) is 0 Å². The van der Waals surface area contributed by atoms with E-state index in [0.717, 1.165) is 18.5 Å². The molecule has 0 spiro atoms. The Balaban J connectivity index is 2.43. The number of aromatic nitrogens is 1. The van der Waals surface area contributed by atoms with Crippen LogP contribution < -0.4 is 10.1 Å². The maximum Gasteiger partial charge on any atom is 0.137 e. The van der Waals surface area contributed by atoms with Gasteiger partial charge in [-0.15, -0.1) is 0 Å². The average molecular weight is 305 g/mol. The number of pyridine rings is 1. The molecule has 0 fully saturated rings. The van der Waals surface area contributed by atoms with E-state index in [1.807, 2.05) is 30.6 Å². The molecule has 0 saturated carbocycles. The van der Waals surface area contributed by atoms with Crippen molar-refractivity contribution >= 4 is 11.6 Å². The zero-order chi connectivity index (χ0) is 15.2. The minimum Gasteiger partial charge on any atom is -0.495 e. The summed E-state index contributed by atoms with van der Waals surface area (Å²) in [6, 6.07) is 8.09. The average Bonchev–Trinajstić information content (AvgIpc) is 2.50. The molecule has 0 aliphatic carbocycles. The van der Waals surface area contributed by atoms with Crippen molar-refractivity contribution in [1.82, 2.24) is 10.3 Å². The third kappa shape index (κ3) is 3.74. The maximum atomic E-state index is 6.13. The number of benzene rings is 1. The molecule has 2 aromatic rings. The normalized spacial score (nSPS) is 12.2. The van der Waals surface area contributed by atoms with Crippen LogP contribution >= 0.6 is 11.6 Å². The molecule has 21 heavy (non-hydrogen) atoms. The van der Waals surface area contributed by atoms with Crippen LogP contribution in [0.2, 0.25) is 5.02 Å². The molecular formula is C17H21ClN2O. The number of hydrogen-bond donors (Lipinski definition) is 1. The fraction of sp³-hybridized carbons (Fsp3) is 0.353. The van der Waals surface area contributed by atoms with E-state index in [0.29, 0.717) is 10.8 Å². The molecule has 0 bridgehead atoms. The highest BCUT2D eigenvalue weighted by Gasteiger charge is 2.17. The molecule has 1 atom stereocenters. The van der Waals surface area contributed by atoms with Gasteiger partial charge in [0.2, 0.25) is 0 Å². The first kappa shape index (κ1) is 15.8. The summed E-state index contributed by atoms with van der Waals surface area (Å²) in [7, 11) is 1.64. The van der Waals surface area contributed by atoms with Gasteiger partial charge in [0.25, 0.3) is 0 Å². The number of hydrogen-bond acceptors (Lipinski definition) is 3. The van der Waals surface area contributed by atoms with Crippen LogP contribution in [0, 0.1) is 6.92 Å². The fourth-order valence-electron chi connectivity index (χ4n) is 2.36. The van der Waals surface area contributed by atoms with Gasteiger partial charge in [-0.3, -0.25) is 4.98 Å². The summed E-state index contributed by atoms with van der Waals surface area (Å²) in [4.78, 5) is 4.18. The van der Waals surface area contributed by atoms with Gasteiger partial charge in [-0.2, -0.15) is 0 Å². The lowest BCUT2D eigenvalue weighted by Crippen LogP contribution is -2.24. The Labute approximate surface area is 131 Å². The third-order valence-electron chi connectivity index (χ3n) is 3.48. The molecule has 0 amide bonds. The van der Waals surface area contributed by atoms with E-state index in [9.17, 15) is 0 Å². The van der Waals surface area contributed by atoms with Crippen LogP contribution in [0.1, 0.15) is 36.1 Å². The van der Waals surface area contributed by atoms with Gasteiger partial charge in [0.1, 0.15) is 5.75 Å². The molecule has 1 unspecified atom stereocenters. The Morgan fingerprint density at radius 1 is 1.33 bits per heavy atom. The third-order valence-corrected chi connectivity index (χ3v) is 3.79. The summed E-state index contributed by atoms with van der Waals surface area (Å²) in [6.45, 7) is 5.18. The predicted molar refractivity (Wildman–Crippen MR) is 87.1 cm³/mol. The molecule has 0 aliphatic rings. The first-order chi connectivity index (χ1) is 10.2. The minimum absolute atomic E-state index is 0.110.